The molecule has 0 aromatic heterocycles. The molecular formula is C23H28N2O2. The summed E-state index contributed by atoms with van der Waals surface area (Å²) in [5, 5.41) is 11.2. The van der Waals surface area contributed by atoms with Gasteiger partial charge in [0.05, 0.1) is 6.07 Å². The number of benzene rings is 2. The van der Waals surface area contributed by atoms with Gasteiger partial charge in [0.2, 0.25) is 5.91 Å². The molecule has 2 aromatic rings. The highest BCUT2D eigenvalue weighted by Crippen LogP contribution is 2.35. The summed E-state index contributed by atoms with van der Waals surface area (Å²) in [5.41, 5.74) is 3.62. The van der Waals surface area contributed by atoms with Gasteiger partial charge in [0.15, 0.2) is 0 Å². The minimum Gasteiger partial charge on any atom is -0.457 e. The maximum atomic E-state index is 11.3. The molecule has 1 N–H and O–H groups in total. The van der Waals surface area contributed by atoms with Crippen molar-refractivity contribution in [2.75, 3.05) is 6.54 Å². The zero-order valence-corrected chi connectivity index (χ0v) is 16.6. The predicted molar refractivity (Wildman–Crippen MR) is 108 cm³/mol. The van der Waals surface area contributed by atoms with Crippen molar-refractivity contribution >= 4 is 5.91 Å². The number of aryl methyl sites for hydroxylation is 1. The summed E-state index contributed by atoms with van der Waals surface area (Å²) in [4.78, 5) is 11.3. The topological polar surface area (TPSA) is 62.1 Å². The Balaban J connectivity index is 2.04. The van der Waals surface area contributed by atoms with Gasteiger partial charge in [-0.05, 0) is 47.6 Å². The Morgan fingerprint density at radius 2 is 1.78 bits per heavy atom. The lowest BCUT2D eigenvalue weighted by Gasteiger charge is -2.23. The first-order valence-corrected chi connectivity index (χ1v) is 9.37. The van der Waals surface area contributed by atoms with E-state index in [1.807, 2.05) is 30.3 Å². The highest BCUT2D eigenvalue weighted by atomic mass is 16.5. The molecule has 0 aliphatic heterocycles. The van der Waals surface area contributed by atoms with Crippen molar-refractivity contribution in [2.45, 2.75) is 52.4 Å². The number of amides is 1. The Morgan fingerprint density at radius 1 is 1.11 bits per heavy atom. The van der Waals surface area contributed by atoms with Crippen LogP contribution in [0.15, 0.2) is 42.5 Å². The number of rotatable bonds is 7. The summed E-state index contributed by atoms with van der Waals surface area (Å²) < 4.78 is 6.16. The first kappa shape index (κ1) is 20.5. The van der Waals surface area contributed by atoms with Crippen molar-refractivity contribution in [1.82, 2.24) is 5.32 Å². The molecule has 27 heavy (non-hydrogen) atoms. The van der Waals surface area contributed by atoms with Crippen LogP contribution in [0.1, 0.15) is 50.8 Å². The Kier molecular flexibility index (Phi) is 7.01. The molecule has 0 saturated heterocycles. The number of carbonyl (C=O) groups is 1. The van der Waals surface area contributed by atoms with Gasteiger partial charge in [-0.25, -0.2) is 0 Å². The third-order valence-electron chi connectivity index (χ3n) is 4.39. The highest BCUT2D eigenvalue weighted by molar-refractivity contribution is 5.77. The van der Waals surface area contributed by atoms with E-state index in [-0.39, 0.29) is 17.7 Å². The van der Waals surface area contributed by atoms with Gasteiger partial charge in [-0.15, -0.1) is 0 Å². The van der Waals surface area contributed by atoms with Crippen LogP contribution in [0.25, 0.3) is 0 Å². The summed E-state index contributed by atoms with van der Waals surface area (Å²) >= 11 is 0. The maximum Gasteiger partial charge on any atom is 0.234 e. The molecule has 0 aliphatic carbocycles. The summed E-state index contributed by atoms with van der Waals surface area (Å²) in [6, 6.07) is 16.1. The van der Waals surface area contributed by atoms with Crippen LogP contribution in [-0.4, -0.2) is 12.5 Å². The zero-order chi connectivity index (χ0) is 19.9. The van der Waals surface area contributed by atoms with Crippen LogP contribution in [0.3, 0.4) is 0 Å². The first-order valence-electron chi connectivity index (χ1n) is 9.37. The molecule has 0 aliphatic rings. The molecule has 2 aromatic carbocycles. The lowest BCUT2D eigenvalue weighted by molar-refractivity contribution is -0.120. The number of nitrogens with one attached hydrogen (secondary N) is 1. The van der Waals surface area contributed by atoms with E-state index < -0.39 is 0 Å². The molecule has 0 saturated carbocycles. The third kappa shape index (κ3) is 6.14. The summed E-state index contributed by atoms with van der Waals surface area (Å²) in [6.45, 7) is 9.26. The molecule has 0 fully saturated rings. The van der Waals surface area contributed by atoms with Gasteiger partial charge in [-0.1, -0.05) is 52.0 Å². The monoisotopic (exact) mass is 364 g/mol. The minimum absolute atomic E-state index is 0.00207. The van der Waals surface area contributed by atoms with Crippen LogP contribution < -0.4 is 10.1 Å². The van der Waals surface area contributed by atoms with Crippen LogP contribution in [-0.2, 0) is 23.1 Å². The summed E-state index contributed by atoms with van der Waals surface area (Å²) in [5.74, 6) is 1.45. The average molecular weight is 364 g/mol. The number of carbonyl (C=O) groups excluding carboxylic acids is 1. The van der Waals surface area contributed by atoms with Gasteiger partial charge in [0.25, 0.3) is 0 Å². The summed E-state index contributed by atoms with van der Waals surface area (Å²) in [6.07, 6.45) is 1.62. The molecule has 2 rings (SSSR count). The Labute approximate surface area is 162 Å². The standard InChI is InChI=1S/C23H28N2O2/c1-5-17-8-11-21(20(16-17)23(2,3)4)27-19-9-6-18(7-10-19)13-15-25-22(26)12-14-24/h6-11,16H,5,12-13,15H2,1-4H3,(H,25,26). The molecule has 0 radical (unpaired) electrons. The lowest BCUT2D eigenvalue weighted by Crippen LogP contribution is -2.24. The Hall–Kier alpha value is -2.80. The van der Waals surface area contributed by atoms with E-state index in [2.05, 4.69) is 51.2 Å². The first-order chi connectivity index (χ1) is 12.8. The van der Waals surface area contributed by atoms with Gasteiger partial charge in [-0.3, -0.25) is 4.79 Å². The number of ether oxygens (including phenoxy) is 1. The molecular weight excluding hydrogens is 336 g/mol. The van der Waals surface area contributed by atoms with Crippen molar-refractivity contribution < 1.29 is 9.53 Å². The zero-order valence-electron chi connectivity index (χ0n) is 16.6. The quantitative estimate of drug-likeness (QED) is 0.759. The second-order valence-electron chi connectivity index (χ2n) is 7.61. The molecule has 0 bridgehead atoms. The van der Waals surface area contributed by atoms with E-state index in [0.29, 0.717) is 6.54 Å². The molecule has 0 spiro atoms. The fourth-order valence-corrected chi connectivity index (χ4v) is 2.80. The molecule has 1 amide bonds. The largest absolute Gasteiger partial charge is 0.457 e. The van der Waals surface area contributed by atoms with Crippen molar-refractivity contribution in [3.8, 4) is 17.6 Å². The smallest absolute Gasteiger partial charge is 0.234 e. The van der Waals surface area contributed by atoms with Crippen molar-refractivity contribution in [3.05, 3.63) is 59.2 Å². The number of nitriles is 1. The predicted octanol–water partition coefficient (Wildman–Crippen LogP) is 4.91. The van der Waals surface area contributed by atoms with Crippen LogP contribution in [0.2, 0.25) is 0 Å². The van der Waals surface area contributed by atoms with Gasteiger partial charge in [0.1, 0.15) is 17.9 Å². The van der Waals surface area contributed by atoms with E-state index in [9.17, 15) is 4.79 Å². The van der Waals surface area contributed by atoms with E-state index in [0.717, 1.165) is 29.9 Å². The lowest BCUT2D eigenvalue weighted by atomic mass is 9.85. The fourth-order valence-electron chi connectivity index (χ4n) is 2.80. The SMILES string of the molecule is CCc1ccc(Oc2ccc(CCNC(=O)CC#N)cc2)c(C(C)(C)C)c1. The average Bonchev–Trinajstić information content (AvgIpc) is 2.63. The van der Waals surface area contributed by atoms with E-state index in [4.69, 9.17) is 10.00 Å². The minimum atomic E-state index is -0.234. The molecule has 142 valence electrons. The van der Waals surface area contributed by atoms with Crippen LogP contribution in [0.5, 0.6) is 11.5 Å². The van der Waals surface area contributed by atoms with Gasteiger partial charge < -0.3 is 10.1 Å². The third-order valence-corrected chi connectivity index (χ3v) is 4.39. The van der Waals surface area contributed by atoms with Gasteiger partial charge in [-0.2, -0.15) is 5.26 Å². The highest BCUT2D eigenvalue weighted by Gasteiger charge is 2.20. The second-order valence-corrected chi connectivity index (χ2v) is 7.61. The van der Waals surface area contributed by atoms with E-state index >= 15 is 0 Å². The molecule has 4 nitrogen and oxygen atoms in total. The number of nitrogens with zero attached hydrogens (tertiary/aromatic N) is 1. The van der Waals surface area contributed by atoms with Crippen LogP contribution in [0.4, 0.5) is 0 Å². The molecule has 0 heterocycles. The van der Waals surface area contributed by atoms with Crippen LogP contribution >= 0.6 is 0 Å². The van der Waals surface area contributed by atoms with E-state index in [1.54, 1.807) is 0 Å². The Bertz CT molecular complexity index is 812. The Morgan fingerprint density at radius 3 is 2.37 bits per heavy atom. The molecule has 0 unspecified atom stereocenters. The summed E-state index contributed by atoms with van der Waals surface area (Å²) in [7, 11) is 0. The maximum absolute atomic E-state index is 11.3. The van der Waals surface area contributed by atoms with E-state index in [1.165, 1.54) is 11.1 Å². The van der Waals surface area contributed by atoms with Crippen molar-refractivity contribution in [1.29, 1.82) is 5.26 Å². The van der Waals surface area contributed by atoms with Crippen molar-refractivity contribution in [2.24, 2.45) is 0 Å². The van der Waals surface area contributed by atoms with Gasteiger partial charge >= 0.3 is 0 Å². The fraction of sp³-hybridized carbons (Fsp3) is 0.391. The molecule has 0 atom stereocenters. The van der Waals surface area contributed by atoms with Crippen LogP contribution in [0, 0.1) is 11.3 Å². The van der Waals surface area contributed by atoms with Gasteiger partial charge in [0, 0.05) is 12.1 Å². The number of hydrogen-bond acceptors (Lipinski definition) is 3. The number of hydrogen-bond donors (Lipinski definition) is 1. The normalized spacial score (nSPS) is 10.9. The molecule has 4 heteroatoms. The van der Waals surface area contributed by atoms with Crippen molar-refractivity contribution in [3.63, 3.8) is 0 Å². The second kappa shape index (κ2) is 9.23.